The maximum Gasteiger partial charge on any atom is 0.411 e. The first-order chi connectivity index (χ1) is 15.8. The molecule has 0 N–H and O–H groups in total. The van der Waals surface area contributed by atoms with Crippen molar-refractivity contribution in [2.24, 2.45) is 0 Å². The minimum atomic E-state index is -0.312. The summed E-state index contributed by atoms with van der Waals surface area (Å²) in [6, 6.07) is 29.7. The summed E-state index contributed by atoms with van der Waals surface area (Å²) in [5, 5.41) is 0. The summed E-state index contributed by atoms with van der Waals surface area (Å²) < 4.78 is 12.5. The molecule has 3 aromatic rings. The van der Waals surface area contributed by atoms with E-state index in [1.807, 2.05) is 71.6 Å². The smallest absolute Gasteiger partial charge is 0.411 e. The van der Waals surface area contributed by atoms with E-state index in [-0.39, 0.29) is 37.0 Å². The zero-order valence-corrected chi connectivity index (χ0v) is 17.9. The lowest BCUT2D eigenvalue weighted by Crippen LogP contribution is -2.56. The molecule has 0 radical (unpaired) electrons. The highest BCUT2D eigenvalue weighted by Gasteiger charge is 2.47. The molecule has 4 nitrogen and oxygen atoms in total. The molecule has 4 heteroatoms. The molecule has 1 heterocycles. The van der Waals surface area contributed by atoms with Crippen molar-refractivity contribution in [3.63, 3.8) is 0 Å². The molecule has 0 spiro atoms. The van der Waals surface area contributed by atoms with Gasteiger partial charge in [-0.25, -0.2) is 4.79 Å². The van der Waals surface area contributed by atoms with Gasteiger partial charge in [0.1, 0.15) is 12.7 Å². The molecule has 1 aliphatic heterocycles. The lowest BCUT2D eigenvalue weighted by atomic mass is 9.87. The number of hydrogen-bond donors (Lipinski definition) is 0. The number of fused-ring (bicyclic) bond motifs is 1. The Morgan fingerprint density at radius 1 is 0.875 bits per heavy atom. The van der Waals surface area contributed by atoms with Crippen LogP contribution >= 0.6 is 0 Å². The van der Waals surface area contributed by atoms with Gasteiger partial charge in [-0.3, -0.25) is 4.90 Å². The molecular formula is C28H27NO3. The number of allylic oxidation sites excluding steroid dienone is 1. The van der Waals surface area contributed by atoms with Gasteiger partial charge < -0.3 is 9.47 Å². The molecule has 32 heavy (non-hydrogen) atoms. The van der Waals surface area contributed by atoms with Gasteiger partial charge in [0.25, 0.3) is 0 Å². The van der Waals surface area contributed by atoms with Crippen LogP contribution in [0.3, 0.4) is 0 Å². The second-order valence-corrected chi connectivity index (χ2v) is 8.30. The molecule has 1 amide bonds. The Bertz CT molecular complexity index is 1050. The molecule has 3 aromatic carbocycles. The standard InChI is InChI=1S/C28H27NO3/c30-28(31-20-21-12-4-1-5-13-21)29-24-18-10-11-19-25(24)32-27(23-16-8-3-9-17-23)26(29)22-14-6-2-7-15-22/h1-10,12-18,24-27H,11,19-20H2/t24-,25+,26+,27+/m1/s1. The van der Waals surface area contributed by atoms with E-state index < -0.39 is 0 Å². The predicted molar refractivity (Wildman–Crippen MR) is 124 cm³/mol. The SMILES string of the molecule is O=C(OCc1ccccc1)N1[C@@H]2C=CCC[C@@H]2O[C@@H](c2ccccc2)[C@@H]1c1ccccc1. The van der Waals surface area contributed by atoms with Crippen LogP contribution in [0.4, 0.5) is 4.79 Å². The van der Waals surface area contributed by atoms with Crippen molar-refractivity contribution in [1.29, 1.82) is 0 Å². The minimum absolute atomic E-state index is 0.0607. The van der Waals surface area contributed by atoms with Crippen LogP contribution < -0.4 is 0 Å². The summed E-state index contributed by atoms with van der Waals surface area (Å²) in [6.45, 7) is 0.246. The average Bonchev–Trinajstić information content (AvgIpc) is 2.88. The van der Waals surface area contributed by atoms with E-state index in [1.165, 1.54) is 0 Å². The summed E-state index contributed by atoms with van der Waals surface area (Å²) >= 11 is 0. The molecule has 2 aliphatic rings. The minimum Gasteiger partial charge on any atom is -0.445 e. The fourth-order valence-electron chi connectivity index (χ4n) is 4.72. The molecule has 1 aliphatic carbocycles. The van der Waals surface area contributed by atoms with Gasteiger partial charge in [-0.15, -0.1) is 0 Å². The molecule has 0 bridgehead atoms. The van der Waals surface area contributed by atoms with E-state index in [0.29, 0.717) is 0 Å². The highest BCUT2D eigenvalue weighted by atomic mass is 16.6. The Kier molecular flexibility index (Phi) is 6.04. The zero-order valence-electron chi connectivity index (χ0n) is 17.9. The van der Waals surface area contributed by atoms with Crippen LogP contribution in [-0.2, 0) is 16.1 Å². The molecule has 4 atom stereocenters. The molecule has 0 unspecified atom stereocenters. The van der Waals surface area contributed by atoms with Crippen molar-refractivity contribution in [3.8, 4) is 0 Å². The van der Waals surface area contributed by atoms with Gasteiger partial charge >= 0.3 is 6.09 Å². The van der Waals surface area contributed by atoms with E-state index >= 15 is 0 Å². The number of ether oxygens (including phenoxy) is 2. The third kappa shape index (κ3) is 4.19. The van der Waals surface area contributed by atoms with Crippen molar-refractivity contribution in [3.05, 3.63) is 120 Å². The first-order valence-electron chi connectivity index (χ1n) is 11.2. The van der Waals surface area contributed by atoms with Gasteiger partial charge in [0.15, 0.2) is 0 Å². The van der Waals surface area contributed by atoms with Gasteiger partial charge in [0.05, 0.1) is 18.2 Å². The fraction of sp³-hybridized carbons (Fsp3) is 0.250. The lowest BCUT2D eigenvalue weighted by molar-refractivity contribution is -0.141. The molecule has 5 rings (SSSR count). The van der Waals surface area contributed by atoms with Gasteiger partial charge in [0.2, 0.25) is 0 Å². The number of hydrogen-bond acceptors (Lipinski definition) is 3. The maximum atomic E-state index is 13.6. The number of nitrogens with zero attached hydrogens (tertiary/aromatic N) is 1. The van der Waals surface area contributed by atoms with E-state index in [9.17, 15) is 4.79 Å². The van der Waals surface area contributed by atoms with Crippen LogP contribution in [-0.4, -0.2) is 23.1 Å². The topological polar surface area (TPSA) is 38.8 Å². The molecular weight excluding hydrogens is 398 g/mol. The predicted octanol–water partition coefficient (Wildman–Crippen LogP) is 6.23. The van der Waals surface area contributed by atoms with Crippen LogP contribution in [0.5, 0.6) is 0 Å². The second kappa shape index (κ2) is 9.41. The Balaban J connectivity index is 1.53. The normalized spacial score (nSPS) is 24.6. The Hall–Kier alpha value is -3.37. The number of carbonyl (C=O) groups is 1. The largest absolute Gasteiger partial charge is 0.445 e. The second-order valence-electron chi connectivity index (χ2n) is 8.30. The van der Waals surface area contributed by atoms with Crippen molar-refractivity contribution in [2.45, 2.75) is 43.7 Å². The van der Waals surface area contributed by atoms with Crippen molar-refractivity contribution < 1.29 is 14.3 Å². The summed E-state index contributed by atoms with van der Waals surface area (Å²) in [5.41, 5.74) is 3.08. The number of amides is 1. The first kappa shape index (κ1) is 20.5. The third-order valence-electron chi connectivity index (χ3n) is 6.25. The summed E-state index contributed by atoms with van der Waals surface area (Å²) in [5.74, 6) is 0. The van der Waals surface area contributed by atoms with Gasteiger partial charge in [-0.1, -0.05) is 103 Å². The number of morpholine rings is 1. The van der Waals surface area contributed by atoms with Gasteiger partial charge in [-0.05, 0) is 29.5 Å². The molecule has 1 saturated heterocycles. The Labute approximate surface area is 189 Å². The van der Waals surface area contributed by atoms with Crippen LogP contribution in [0.1, 0.15) is 41.7 Å². The zero-order chi connectivity index (χ0) is 21.8. The van der Waals surface area contributed by atoms with Crippen LogP contribution in [0.25, 0.3) is 0 Å². The van der Waals surface area contributed by atoms with Crippen LogP contribution in [0.15, 0.2) is 103 Å². The van der Waals surface area contributed by atoms with Crippen molar-refractivity contribution in [1.82, 2.24) is 4.90 Å². The lowest BCUT2D eigenvalue weighted by Gasteiger charge is -2.49. The monoisotopic (exact) mass is 425 g/mol. The fourth-order valence-corrected chi connectivity index (χ4v) is 4.72. The highest BCUT2D eigenvalue weighted by Crippen LogP contribution is 2.46. The Morgan fingerprint density at radius 3 is 2.19 bits per heavy atom. The summed E-state index contributed by atoms with van der Waals surface area (Å²) in [7, 11) is 0. The number of rotatable bonds is 4. The number of benzene rings is 3. The quantitative estimate of drug-likeness (QED) is 0.466. The van der Waals surface area contributed by atoms with Crippen molar-refractivity contribution >= 4 is 6.09 Å². The van der Waals surface area contributed by atoms with E-state index in [1.54, 1.807) is 0 Å². The third-order valence-corrected chi connectivity index (χ3v) is 6.25. The summed E-state index contributed by atoms with van der Waals surface area (Å²) in [4.78, 5) is 15.5. The van der Waals surface area contributed by atoms with E-state index in [2.05, 4.69) is 36.4 Å². The van der Waals surface area contributed by atoms with E-state index in [4.69, 9.17) is 9.47 Å². The van der Waals surface area contributed by atoms with Crippen molar-refractivity contribution in [2.75, 3.05) is 0 Å². The van der Waals surface area contributed by atoms with Crippen LogP contribution in [0, 0.1) is 0 Å². The number of carbonyl (C=O) groups excluding carboxylic acids is 1. The highest BCUT2D eigenvalue weighted by molar-refractivity contribution is 5.70. The molecule has 0 aromatic heterocycles. The van der Waals surface area contributed by atoms with Gasteiger partial charge in [-0.2, -0.15) is 0 Å². The molecule has 0 saturated carbocycles. The van der Waals surface area contributed by atoms with Crippen LogP contribution in [0.2, 0.25) is 0 Å². The Morgan fingerprint density at radius 2 is 1.50 bits per heavy atom. The van der Waals surface area contributed by atoms with Gasteiger partial charge in [0, 0.05) is 0 Å². The molecule has 1 fully saturated rings. The average molecular weight is 426 g/mol. The maximum absolute atomic E-state index is 13.6. The molecule has 162 valence electrons. The first-order valence-corrected chi connectivity index (χ1v) is 11.2. The van der Waals surface area contributed by atoms with E-state index in [0.717, 1.165) is 29.5 Å². The summed E-state index contributed by atoms with van der Waals surface area (Å²) in [6.07, 6.45) is 5.45.